The normalized spacial score (nSPS) is 22.1. The Morgan fingerprint density at radius 1 is 1.42 bits per heavy atom. The van der Waals surface area contributed by atoms with Crippen molar-refractivity contribution in [3.63, 3.8) is 0 Å². The van der Waals surface area contributed by atoms with Gasteiger partial charge in [-0.15, -0.1) is 0 Å². The fraction of sp³-hybridized carbons (Fsp3) is 0.500. The number of para-hydroxylation sites is 1. The van der Waals surface area contributed by atoms with Crippen LogP contribution in [0.4, 0.5) is 5.69 Å². The number of nitrogens with one attached hydrogen (secondary N) is 2. The first kappa shape index (κ1) is 18.2. The summed E-state index contributed by atoms with van der Waals surface area (Å²) in [5, 5.41) is 5.54. The van der Waals surface area contributed by atoms with Crippen LogP contribution in [0.25, 0.3) is 0 Å². The summed E-state index contributed by atoms with van der Waals surface area (Å²) in [6.07, 6.45) is 0.846. The van der Waals surface area contributed by atoms with Gasteiger partial charge < -0.3 is 26.0 Å². The van der Waals surface area contributed by atoms with Crippen LogP contribution in [0.3, 0.4) is 0 Å². The maximum atomic E-state index is 13.0. The minimum Gasteiger partial charge on any atom is -0.478 e. The molecule has 3 rings (SSSR count). The van der Waals surface area contributed by atoms with Crippen LogP contribution >= 0.6 is 0 Å². The molecule has 26 heavy (non-hydrogen) atoms. The summed E-state index contributed by atoms with van der Waals surface area (Å²) in [6.45, 7) is 3.41. The van der Waals surface area contributed by atoms with Crippen LogP contribution in [0.2, 0.25) is 0 Å². The minimum atomic E-state index is -0.660. The molecule has 2 unspecified atom stereocenters. The second-order valence-corrected chi connectivity index (χ2v) is 6.60. The molecule has 2 atom stereocenters. The molecule has 2 aliphatic heterocycles. The average Bonchev–Trinajstić information content (AvgIpc) is 2.66. The van der Waals surface area contributed by atoms with Gasteiger partial charge in [0.15, 0.2) is 11.9 Å². The molecule has 0 radical (unpaired) electrons. The van der Waals surface area contributed by atoms with Crippen LogP contribution in [0.5, 0.6) is 5.75 Å². The van der Waals surface area contributed by atoms with Crippen molar-refractivity contribution in [2.75, 3.05) is 31.5 Å². The molecule has 4 N–H and O–H groups in total. The second kappa shape index (κ2) is 7.74. The third-order valence-electron chi connectivity index (χ3n) is 4.69. The van der Waals surface area contributed by atoms with Gasteiger partial charge in [-0.1, -0.05) is 6.07 Å². The number of nitrogens with zero attached hydrogens (tertiary/aromatic N) is 1. The molecule has 3 amide bonds. The zero-order chi connectivity index (χ0) is 18.7. The smallest absolute Gasteiger partial charge is 0.265 e. The van der Waals surface area contributed by atoms with Crippen molar-refractivity contribution >= 4 is 23.4 Å². The lowest BCUT2D eigenvalue weighted by Crippen LogP contribution is -2.46. The Morgan fingerprint density at radius 2 is 2.23 bits per heavy atom. The number of fused-ring (bicyclic) bond motifs is 1. The van der Waals surface area contributed by atoms with Crippen LogP contribution < -0.4 is 21.1 Å². The zero-order valence-electron chi connectivity index (χ0n) is 14.8. The quantitative estimate of drug-likeness (QED) is 0.716. The number of hydrogen-bond acceptors (Lipinski definition) is 5. The number of likely N-dealkylation sites (tertiary alicyclic amines) is 1. The van der Waals surface area contributed by atoms with E-state index in [2.05, 4.69) is 10.6 Å². The molecule has 0 aliphatic carbocycles. The molecule has 2 heterocycles. The highest BCUT2D eigenvalue weighted by atomic mass is 16.5. The van der Waals surface area contributed by atoms with E-state index in [0.717, 1.165) is 12.8 Å². The number of amides is 3. The largest absolute Gasteiger partial charge is 0.478 e. The summed E-state index contributed by atoms with van der Waals surface area (Å²) in [5.41, 5.74) is 6.31. The van der Waals surface area contributed by atoms with Crippen molar-refractivity contribution in [1.29, 1.82) is 0 Å². The number of anilines is 1. The van der Waals surface area contributed by atoms with Gasteiger partial charge in [0.2, 0.25) is 5.91 Å². The predicted octanol–water partition coefficient (Wildman–Crippen LogP) is 0.333. The van der Waals surface area contributed by atoms with Crippen LogP contribution in [0.1, 0.15) is 30.1 Å². The number of piperidine rings is 1. The molecule has 8 nitrogen and oxygen atoms in total. The Bertz CT molecular complexity index is 721. The summed E-state index contributed by atoms with van der Waals surface area (Å²) in [5.74, 6) is -0.351. The van der Waals surface area contributed by atoms with E-state index < -0.39 is 6.10 Å². The fourth-order valence-corrected chi connectivity index (χ4v) is 3.28. The topological polar surface area (TPSA) is 114 Å². The van der Waals surface area contributed by atoms with Gasteiger partial charge in [0, 0.05) is 26.2 Å². The summed E-state index contributed by atoms with van der Waals surface area (Å²) < 4.78 is 5.66. The third-order valence-corrected chi connectivity index (χ3v) is 4.69. The fourth-order valence-electron chi connectivity index (χ4n) is 3.28. The van der Waals surface area contributed by atoms with E-state index in [-0.39, 0.29) is 23.6 Å². The molecule has 140 valence electrons. The van der Waals surface area contributed by atoms with E-state index in [1.165, 1.54) is 0 Å². The minimum absolute atomic E-state index is 0.0693. The summed E-state index contributed by atoms with van der Waals surface area (Å²) in [7, 11) is 0. The lowest BCUT2D eigenvalue weighted by molar-refractivity contribution is -0.126. The zero-order valence-corrected chi connectivity index (χ0v) is 14.8. The molecule has 1 saturated heterocycles. The van der Waals surface area contributed by atoms with Gasteiger partial charge in [0.25, 0.3) is 11.8 Å². The van der Waals surface area contributed by atoms with E-state index in [4.69, 9.17) is 10.5 Å². The average molecular weight is 360 g/mol. The van der Waals surface area contributed by atoms with Gasteiger partial charge in [0.05, 0.1) is 17.2 Å². The van der Waals surface area contributed by atoms with E-state index in [0.29, 0.717) is 43.2 Å². The Labute approximate surface area is 152 Å². The van der Waals surface area contributed by atoms with Gasteiger partial charge in [-0.25, -0.2) is 0 Å². The van der Waals surface area contributed by atoms with Crippen molar-refractivity contribution in [3.05, 3.63) is 23.8 Å². The number of carbonyl (C=O) groups is 3. The molecule has 0 spiro atoms. The molecule has 8 heteroatoms. The highest BCUT2D eigenvalue weighted by Gasteiger charge is 2.32. The number of hydrogen-bond donors (Lipinski definition) is 3. The summed E-state index contributed by atoms with van der Waals surface area (Å²) >= 11 is 0. The number of benzene rings is 1. The summed E-state index contributed by atoms with van der Waals surface area (Å²) in [4.78, 5) is 38.7. The highest BCUT2D eigenvalue weighted by Crippen LogP contribution is 2.34. The van der Waals surface area contributed by atoms with Gasteiger partial charge in [0.1, 0.15) is 0 Å². The van der Waals surface area contributed by atoms with E-state index in [9.17, 15) is 14.4 Å². The first-order valence-electron chi connectivity index (χ1n) is 8.89. The number of nitrogens with two attached hydrogens (primary N) is 1. The van der Waals surface area contributed by atoms with Gasteiger partial charge in [-0.2, -0.15) is 0 Å². The Balaban J connectivity index is 1.76. The molecular weight excluding hydrogens is 336 g/mol. The van der Waals surface area contributed by atoms with E-state index in [1.807, 2.05) is 0 Å². The molecule has 2 aliphatic rings. The lowest BCUT2D eigenvalue weighted by Gasteiger charge is -2.33. The SMILES string of the molecule is CC1Oc2c(cccc2C(=O)N2CCCC(C(=O)NCCN)C2)NC1=O. The van der Waals surface area contributed by atoms with Crippen molar-refractivity contribution in [2.45, 2.75) is 25.9 Å². The molecule has 1 aromatic carbocycles. The number of rotatable bonds is 4. The second-order valence-electron chi connectivity index (χ2n) is 6.60. The van der Waals surface area contributed by atoms with Crippen LogP contribution in [-0.4, -0.2) is 54.9 Å². The molecule has 1 aromatic rings. The maximum Gasteiger partial charge on any atom is 0.265 e. The van der Waals surface area contributed by atoms with E-state index in [1.54, 1.807) is 30.0 Å². The molecule has 0 saturated carbocycles. The Hall–Kier alpha value is -2.61. The van der Waals surface area contributed by atoms with Crippen LogP contribution in [0, 0.1) is 5.92 Å². The monoisotopic (exact) mass is 360 g/mol. The number of ether oxygens (including phenoxy) is 1. The maximum absolute atomic E-state index is 13.0. The summed E-state index contributed by atoms with van der Waals surface area (Å²) in [6, 6.07) is 5.10. The first-order chi connectivity index (χ1) is 12.5. The third kappa shape index (κ3) is 3.65. The van der Waals surface area contributed by atoms with Gasteiger partial charge >= 0.3 is 0 Å². The first-order valence-corrected chi connectivity index (χ1v) is 8.89. The van der Waals surface area contributed by atoms with E-state index >= 15 is 0 Å². The molecular formula is C18H24N4O4. The standard InChI is InChI=1S/C18H24N4O4/c1-11-16(23)21-14-6-2-5-13(15(14)26-11)18(25)22-9-3-4-12(10-22)17(24)20-8-7-19/h2,5-6,11-12H,3-4,7-10,19H2,1H3,(H,20,24)(H,21,23). The molecule has 0 aromatic heterocycles. The molecule has 0 bridgehead atoms. The number of carbonyl (C=O) groups excluding carboxylic acids is 3. The van der Waals surface area contributed by atoms with Crippen molar-refractivity contribution in [2.24, 2.45) is 11.7 Å². The van der Waals surface area contributed by atoms with Crippen molar-refractivity contribution < 1.29 is 19.1 Å². The lowest BCUT2D eigenvalue weighted by atomic mass is 9.96. The highest BCUT2D eigenvalue weighted by molar-refractivity contribution is 6.04. The van der Waals surface area contributed by atoms with Crippen LogP contribution in [0.15, 0.2) is 18.2 Å². The predicted molar refractivity (Wildman–Crippen MR) is 95.9 cm³/mol. The van der Waals surface area contributed by atoms with Crippen LogP contribution in [-0.2, 0) is 9.59 Å². The van der Waals surface area contributed by atoms with Gasteiger partial charge in [-0.05, 0) is 31.9 Å². The Morgan fingerprint density at radius 3 is 3.00 bits per heavy atom. The Kier molecular flexibility index (Phi) is 5.41. The van der Waals surface area contributed by atoms with Crippen molar-refractivity contribution in [3.8, 4) is 5.75 Å². The van der Waals surface area contributed by atoms with Crippen molar-refractivity contribution in [1.82, 2.24) is 10.2 Å². The molecule has 1 fully saturated rings. The van der Waals surface area contributed by atoms with Gasteiger partial charge in [-0.3, -0.25) is 14.4 Å².